The predicted molar refractivity (Wildman–Crippen MR) is 125 cm³/mol. The Labute approximate surface area is 189 Å². The number of amides is 3. The first-order valence-electron chi connectivity index (χ1n) is 10.5. The number of nitrogens with one attached hydrogen (secondary N) is 1. The highest BCUT2D eigenvalue weighted by molar-refractivity contribution is 6.07. The number of hydrogen-bond acceptors (Lipinski definition) is 4. The molecule has 0 aliphatic carbocycles. The summed E-state index contributed by atoms with van der Waals surface area (Å²) in [5.74, 6) is -0.861. The first kappa shape index (κ1) is 20.4. The van der Waals surface area contributed by atoms with E-state index in [9.17, 15) is 14.4 Å². The van der Waals surface area contributed by atoms with Gasteiger partial charge >= 0.3 is 0 Å². The lowest BCUT2D eigenvalue weighted by atomic mass is 9.96. The Hall–Kier alpha value is -4.46. The molecule has 8 heteroatoms. The summed E-state index contributed by atoms with van der Waals surface area (Å²) in [7, 11) is 0. The van der Waals surface area contributed by atoms with Gasteiger partial charge in [-0.1, -0.05) is 42.5 Å². The molecule has 3 N–H and O–H groups in total. The van der Waals surface area contributed by atoms with Gasteiger partial charge in [0.05, 0.1) is 0 Å². The van der Waals surface area contributed by atoms with E-state index in [4.69, 9.17) is 5.73 Å². The topological polar surface area (TPSA) is 110 Å². The SMILES string of the molecule is NC(=O)c1cc2ccccc2n1C1Cc2ccccc2N(CC(=O)Nc2ccccn2)C1=O. The maximum absolute atomic E-state index is 13.8. The quantitative estimate of drug-likeness (QED) is 0.498. The van der Waals surface area contributed by atoms with Crippen LogP contribution in [-0.4, -0.2) is 33.8 Å². The number of aromatic nitrogens is 2. The van der Waals surface area contributed by atoms with Crippen LogP contribution in [0.15, 0.2) is 79.0 Å². The number of carbonyl (C=O) groups excluding carboxylic acids is 3. The first-order chi connectivity index (χ1) is 16.0. The second-order valence-corrected chi connectivity index (χ2v) is 7.86. The number of rotatable bonds is 5. The fraction of sp³-hybridized carbons (Fsp3) is 0.120. The number of nitrogens with two attached hydrogens (primary N) is 1. The van der Waals surface area contributed by atoms with E-state index < -0.39 is 11.9 Å². The van der Waals surface area contributed by atoms with Crippen LogP contribution in [-0.2, 0) is 16.0 Å². The fourth-order valence-corrected chi connectivity index (χ4v) is 4.37. The fourth-order valence-electron chi connectivity index (χ4n) is 4.37. The minimum Gasteiger partial charge on any atom is -0.364 e. The minimum atomic E-state index is -0.718. The molecule has 1 aliphatic heterocycles. The zero-order chi connectivity index (χ0) is 22.9. The summed E-state index contributed by atoms with van der Waals surface area (Å²) in [4.78, 5) is 44.4. The molecule has 0 saturated heterocycles. The van der Waals surface area contributed by atoms with Gasteiger partial charge in [0.15, 0.2) is 0 Å². The average molecular weight is 439 g/mol. The lowest BCUT2D eigenvalue weighted by Gasteiger charge is -2.35. The maximum atomic E-state index is 13.8. The summed E-state index contributed by atoms with van der Waals surface area (Å²) in [5, 5.41) is 3.54. The number of nitrogens with zero attached hydrogens (tertiary/aromatic N) is 3. The number of carbonyl (C=O) groups is 3. The van der Waals surface area contributed by atoms with Crippen molar-refractivity contribution in [2.75, 3.05) is 16.8 Å². The third-order valence-electron chi connectivity index (χ3n) is 5.79. The molecule has 0 spiro atoms. The third kappa shape index (κ3) is 3.71. The van der Waals surface area contributed by atoms with Crippen molar-refractivity contribution in [3.63, 3.8) is 0 Å². The van der Waals surface area contributed by atoms with Gasteiger partial charge in [-0.15, -0.1) is 0 Å². The molecule has 0 radical (unpaired) electrons. The van der Waals surface area contributed by atoms with Crippen LogP contribution in [0.3, 0.4) is 0 Å². The summed E-state index contributed by atoms with van der Waals surface area (Å²) in [6.45, 7) is -0.186. The van der Waals surface area contributed by atoms with Gasteiger partial charge in [0.25, 0.3) is 11.8 Å². The zero-order valence-electron chi connectivity index (χ0n) is 17.6. The molecule has 4 aromatic rings. The number of para-hydroxylation sites is 2. The molecule has 1 aliphatic rings. The van der Waals surface area contributed by atoms with Crippen molar-refractivity contribution in [1.82, 2.24) is 9.55 Å². The van der Waals surface area contributed by atoms with E-state index in [2.05, 4.69) is 10.3 Å². The van der Waals surface area contributed by atoms with Crippen LogP contribution in [0.1, 0.15) is 22.1 Å². The van der Waals surface area contributed by atoms with Crippen molar-refractivity contribution in [3.05, 3.63) is 90.3 Å². The van der Waals surface area contributed by atoms with Crippen LogP contribution in [0, 0.1) is 0 Å². The van der Waals surface area contributed by atoms with E-state index in [1.807, 2.05) is 48.5 Å². The number of fused-ring (bicyclic) bond motifs is 2. The number of benzene rings is 2. The normalized spacial score (nSPS) is 15.3. The van der Waals surface area contributed by atoms with E-state index in [-0.39, 0.29) is 24.1 Å². The van der Waals surface area contributed by atoms with Crippen molar-refractivity contribution in [2.45, 2.75) is 12.5 Å². The number of primary amides is 1. The minimum absolute atomic E-state index is 0.186. The Bertz CT molecular complexity index is 1380. The van der Waals surface area contributed by atoms with Crippen LogP contribution in [0.5, 0.6) is 0 Å². The molecule has 0 saturated carbocycles. The second-order valence-electron chi connectivity index (χ2n) is 7.86. The molecule has 2 aromatic carbocycles. The maximum Gasteiger partial charge on any atom is 0.265 e. The Morgan fingerprint density at radius 1 is 1.03 bits per heavy atom. The van der Waals surface area contributed by atoms with Gasteiger partial charge in [0, 0.05) is 29.2 Å². The smallest absolute Gasteiger partial charge is 0.265 e. The third-order valence-corrected chi connectivity index (χ3v) is 5.79. The molecular weight excluding hydrogens is 418 g/mol. The van der Waals surface area contributed by atoms with Crippen molar-refractivity contribution in [2.24, 2.45) is 5.73 Å². The first-order valence-corrected chi connectivity index (χ1v) is 10.5. The van der Waals surface area contributed by atoms with Gasteiger partial charge in [-0.2, -0.15) is 0 Å². The predicted octanol–water partition coefficient (Wildman–Crippen LogP) is 2.90. The summed E-state index contributed by atoms with van der Waals surface area (Å²) in [6.07, 6.45) is 1.96. The van der Waals surface area contributed by atoms with Crippen LogP contribution in [0.25, 0.3) is 10.9 Å². The van der Waals surface area contributed by atoms with E-state index >= 15 is 0 Å². The van der Waals surface area contributed by atoms with Crippen molar-refractivity contribution in [1.29, 1.82) is 0 Å². The Morgan fingerprint density at radius 2 is 1.79 bits per heavy atom. The standard InChI is InChI=1S/C25H21N5O3/c26-24(32)20-13-17-8-2-4-10-19(17)30(20)21-14-16-7-1-3-9-18(16)29(25(21)33)15-23(31)28-22-11-5-6-12-27-22/h1-13,21H,14-15H2,(H2,26,32)(H,27,28,31). The summed E-state index contributed by atoms with van der Waals surface area (Å²) in [5.41, 5.74) is 8.24. The molecule has 33 heavy (non-hydrogen) atoms. The highest BCUT2D eigenvalue weighted by Gasteiger charge is 2.37. The Balaban J connectivity index is 1.55. The largest absolute Gasteiger partial charge is 0.364 e. The Kier molecular flexibility index (Phi) is 5.10. The molecular formula is C25H21N5O3. The average Bonchev–Trinajstić information content (AvgIpc) is 3.21. The van der Waals surface area contributed by atoms with Crippen LogP contribution in [0.2, 0.25) is 0 Å². The van der Waals surface area contributed by atoms with Gasteiger partial charge in [-0.25, -0.2) is 4.98 Å². The van der Waals surface area contributed by atoms with Crippen LogP contribution in [0.4, 0.5) is 11.5 Å². The highest BCUT2D eigenvalue weighted by Crippen LogP contribution is 2.36. The lowest BCUT2D eigenvalue weighted by molar-refractivity contribution is -0.124. The second kappa shape index (κ2) is 8.23. The zero-order valence-corrected chi connectivity index (χ0v) is 17.6. The molecule has 0 fully saturated rings. The monoisotopic (exact) mass is 439 g/mol. The van der Waals surface area contributed by atoms with Crippen LogP contribution < -0.4 is 16.0 Å². The van der Waals surface area contributed by atoms with Gasteiger partial charge in [-0.05, 0) is 35.9 Å². The van der Waals surface area contributed by atoms with E-state index in [1.54, 1.807) is 35.0 Å². The Morgan fingerprint density at radius 3 is 2.58 bits per heavy atom. The number of anilines is 2. The van der Waals surface area contributed by atoms with Gasteiger partial charge in [0.2, 0.25) is 5.91 Å². The molecule has 3 amide bonds. The van der Waals surface area contributed by atoms with Gasteiger partial charge in [0.1, 0.15) is 24.1 Å². The molecule has 5 rings (SSSR count). The molecule has 1 atom stereocenters. The molecule has 8 nitrogen and oxygen atoms in total. The molecule has 164 valence electrons. The van der Waals surface area contributed by atoms with Gasteiger partial charge < -0.3 is 20.5 Å². The van der Waals surface area contributed by atoms with Gasteiger partial charge in [-0.3, -0.25) is 14.4 Å². The van der Waals surface area contributed by atoms with Crippen molar-refractivity contribution < 1.29 is 14.4 Å². The molecule has 3 heterocycles. The highest BCUT2D eigenvalue weighted by atomic mass is 16.2. The molecule has 1 unspecified atom stereocenters. The van der Waals surface area contributed by atoms with E-state index in [1.165, 1.54) is 4.90 Å². The number of pyridine rings is 1. The van der Waals surface area contributed by atoms with E-state index in [0.717, 1.165) is 16.5 Å². The van der Waals surface area contributed by atoms with Crippen molar-refractivity contribution >= 4 is 40.1 Å². The molecule has 2 aromatic heterocycles. The number of hydrogen-bond donors (Lipinski definition) is 2. The van der Waals surface area contributed by atoms with Crippen molar-refractivity contribution in [3.8, 4) is 0 Å². The summed E-state index contributed by atoms with van der Waals surface area (Å²) >= 11 is 0. The lowest BCUT2D eigenvalue weighted by Crippen LogP contribution is -2.46. The van der Waals surface area contributed by atoms with Crippen LogP contribution >= 0.6 is 0 Å². The molecule has 0 bridgehead atoms. The summed E-state index contributed by atoms with van der Waals surface area (Å²) < 4.78 is 1.69. The van der Waals surface area contributed by atoms with E-state index in [0.29, 0.717) is 17.9 Å². The summed E-state index contributed by atoms with van der Waals surface area (Å²) in [6, 6.07) is 21.1.